The molecule has 6 heteroatoms. The fraction of sp³-hybridized carbons (Fsp3) is 0.850. The van der Waals surface area contributed by atoms with Crippen molar-refractivity contribution in [3.63, 3.8) is 0 Å². The molecule has 2 fully saturated rings. The van der Waals surface area contributed by atoms with E-state index in [0.717, 1.165) is 32.1 Å². The van der Waals surface area contributed by atoms with E-state index in [9.17, 15) is 14.4 Å². The van der Waals surface area contributed by atoms with Crippen LogP contribution in [0.3, 0.4) is 0 Å². The average Bonchev–Trinajstić information content (AvgIpc) is 2.66. The monoisotopic (exact) mass is 369 g/mol. The second kappa shape index (κ2) is 12.0. The number of nitrogens with zero attached hydrogens (tertiary/aromatic N) is 1. The fourth-order valence-corrected chi connectivity index (χ4v) is 3.25. The second-order valence-corrected chi connectivity index (χ2v) is 7.16. The first-order valence-electron chi connectivity index (χ1n) is 10.1. The van der Waals surface area contributed by atoms with Gasteiger partial charge in [-0.05, 0) is 44.4 Å². The van der Waals surface area contributed by atoms with Crippen molar-refractivity contribution in [2.24, 2.45) is 5.92 Å². The highest BCUT2D eigenvalue weighted by atomic mass is 16.5. The first-order chi connectivity index (χ1) is 12.5. The van der Waals surface area contributed by atoms with Crippen LogP contribution in [-0.2, 0) is 23.9 Å². The number of ether oxygens (including phenoxy) is 2. The van der Waals surface area contributed by atoms with Crippen LogP contribution in [0, 0.1) is 5.92 Å². The lowest BCUT2D eigenvalue weighted by Crippen LogP contribution is -2.54. The van der Waals surface area contributed by atoms with Gasteiger partial charge in [-0.3, -0.25) is 9.59 Å². The summed E-state index contributed by atoms with van der Waals surface area (Å²) >= 11 is 0. The van der Waals surface area contributed by atoms with Crippen LogP contribution in [0.2, 0.25) is 0 Å². The van der Waals surface area contributed by atoms with Crippen molar-refractivity contribution in [1.29, 1.82) is 0 Å². The molecular weight excluding hydrogens is 334 g/mol. The summed E-state index contributed by atoms with van der Waals surface area (Å²) in [6.07, 6.45) is 5.32. The van der Waals surface area contributed by atoms with E-state index in [2.05, 4.69) is 13.8 Å². The average molecular weight is 370 g/mol. The number of Topliss-reactive ketones (excluding diaryl/α,β-unsaturated/α-hetero) is 1. The maximum Gasteiger partial charge on any atom is 0.328 e. The highest BCUT2D eigenvalue weighted by Gasteiger charge is 2.40. The van der Waals surface area contributed by atoms with E-state index in [4.69, 9.17) is 9.47 Å². The highest BCUT2D eigenvalue weighted by molar-refractivity contribution is 6.38. The zero-order valence-electron chi connectivity index (χ0n) is 16.8. The molecule has 0 N–H and O–H groups in total. The Morgan fingerprint density at radius 3 is 2.38 bits per heavy atom. The van der Waals surface area contributed by atoms with Crippen LogP contribution < -0.4 is 0 Å². The predicted octanol–water partition coefficient (Wildman–Crippen LogP) is 3.12. The minimum Gasteiger partial charge on any atom is -0.464 e. The van der Waals surface area contributed by atoms with Gasteiger partial charge >= 0.3 is 5.97 Å². The van der Waals surface area contributed by atoms with Crippen LogP contribution in [-0.4, -0.2) is 54.5 Å². The maximum atomic E-state index is 12.6. The summed E-state index contributed by atoms with van der Waals surface area (Å²) in [4.78, 5) is 38.7. The topological polar surface area (TPSA) is 72.9 Å². The van der Waals surface area contributed by atoms with E-state index in [1.165, 1.54) is 11.3 Å². The molecule has 3 atom stereocenters. The Balaban J connectivity index is 0.00000105. The molecular formula is C20H35NO5. The summed E-state index contributed by atoms with van der Waals surface area (Å²) in [6.45, 7) is 9.38. The zero-order valence-corrected chi connectivity index (χ0v) is 16.8. The lowest BCUT2D eigenvalue weighted by Gasteiger charge is -2.35. The molecule has 2 unspecified atom stereocenters. The van der Waals surface area contributed by atoms with E-state index in [1.807, 2.05) is 13.8 Å². The molecule has 0 radical (unpaired) electrons. The van der Waals surface area contributed by atoms with Crippen LogP contribution in [0.1, 0.15) is 72.6 Å². The number of amides is 1. The minimum absolute atomic E-state index is 0.0375. The first kappa shape index (κ1) is 22.6. The first-order valence-corrected chi connectivity index (χ1v) is 10.1. The molecule has 2 aliphatic heterocycles. The van der Waals surface area contributed by atoms with Crippen LogP contribution in [0.25, 0.3) is 0 Å². The van der Waals surface area contributed by atoms with Crippen molar-refractivity contribution >= 4 is 17.7 Å². The number of piperidine rings is 1. The Kier molecular flexibility index (Phi) is 10.5. The van der Waals surface area contributed by atoms with E-state index in [-0.39, 0.29) is 5.92 Å². The Morgan fingerprint density at radius 2 is 1.77 bits per heavy atom. The Hall–Kier alpha value is -1.43. The molecule has 1 amide bonds. The van der Waals surface area contributed by atoms with Gasteiger partial charge in [-0.1, -0.05) is 34.1 Å². The number of rotatable bonds is 5. The molecule has 26 heavy (non-hydrogen) atoms. The van der Waals surface area contributed by atoms with Crippen LogP contribution in [0.4, 0.5) is 0 Å². The van der Waals surface area contributed by atoms with Crippen LogP contribution in [0.5, 0.6) is 0 Å². The van der Waals surface area contributed by atoms with E-state index in [1.54, 1.807) is 0 Å². The van der Waals surface area contributed by atoms with Crippen molar-refractivity contribution < 1.29 is 23.9 Å². The number of carbonyl (C=O) groups excluding carboxylic acids is 3. The third-order valence-corrected chi connectivity index (χ3v) is 4.57. The number of hydrogen-bond acceptors (Lipinski definition) is 5. The fourth-order valence-electron chi connectivity index (χ4n) is 3.25. The number of hydrogen-bond donors (Lipinski definition) is 0. The molecule has 150 valence electrons. The summed E-state index contributed by atoms with van der Waals surface area (Å²) < 4.78 is 10.7. The minimum atomic E-state index is -0.675. The largest absolute Gasteiger partial charge is 0.464 e. The van der Waals surface area contributed by atoms with Gasteiger partial charge in [-0.2, -0.15) is 0 Å². The van der Waals surface area contributed by atoms with Crippen molar-refractivity contribution in [2.75, 3.05) is 19.8 Å². The van der Waals surface area contributed by atoms with Crippen molar-refractivity contribution in [3.05, 3.63) is 0 Å². The van der Waals surface area contributed by atoms with Crippen molar-refractivity contribution in [2.45, 2.75) is 84.8 Å². The number of ketones is 1. The smallest absolute Gasteiger partial charge is 0.328 e. The molecule has 0 saturated carbocycles. The normalized spacial score (nSPS) is 25.7. The molecule has 0 aromatic rings. The molecule has 6 nitrogen and oxygen atoms in total. The van der Waals surface area contributed by atoms with Gasteiger partial charge in [-0.25, -0.2) is 4.79 Å². The summed E-state index contributed by atoms with van der Waals surface area (Å²) in [5, 5.41) is 0. The van der Waals surface area contributed by atoms with Gasteiger partial charge in [0.15, 0.2) is 0 Å². The summed E-state index contributed by atoms with van der Waals surface area (Å²) in [5.74, 6) is -1.48. The van der Waals surface area contributed by atoms with Gasteiger partial charge in [0.25, 0.3) is 5.91 Å². The SMILES string of the molecule is CCC.CCCOC(=O)C1CCCCN1C(=O)C(=O)[C@@H]1OCCCC1C. The molecule has 2 rings (SSSR count). The molecule has 0 aliphatic carbocycles. The van der Waals surface area contributed by atoms with Gasteiger partial charge < -0.3 is 14.4 Å². The molecule has 2 saturated heterocycles. The quantitative estimate of drug-likeness (QED) is 0.550. The van der Waals surface area contributed by atoms with Gasteiger partial charge in [0.2, 0.25) is 5.78 Å². The molecule has 0 aromatic carbocycles. The van der Waals surface area contributed by atoms with Crippen molar-refractivity contribution in [3.8, 4) is 0 Å². The lowest BCUT2D eigenvalue weighted by atomic mass is 9.92. The molecule has 2 aliphatic rings. The number of carbonyl (C=O) groups is 3. The number of likely N-dealkylation sites (tertiary alicyclic amines) is 1. The summed E-state index contributed by atoms with van der Waals surface area (Å²) in [6, 6.07) is -0.634. The van der Waals surface area contributed by atoms with Gasteiger partial charge in [-0.15, -0.1) is 0 Å². The van der Waals surface area contributed by atoms with Crippen molar-refractivity contribution in [1.82, 2.24) is 4.90 Å². The molecule has 2 heterocycles. The third-order valence-electron chi connectivity index (χ3n) is 4.57. The predicted molar refractivity (Wildman–Crippen MR) is 99.7 cm³/mol. The zero-order chi connectivity index (χ0) is 19.5. The van der Waals surface area contributed by atoms with E-state index in [0.29, 0.717) is 26.2 Å². The van der Waals surface area contributed by atoms with Gasteiger partial charge in [0.05, 0.1) is 6.61 Å². The van der Waals surface area contributed by atoms with Gasteiger partial charge in [0.1, 0.15) is 12.1 Å². The molecule has 0 bridgehead atoms. The second-order valence-electron chi connectivity index (χ2n) is 7.16. The third kappa shape index (κ3) is 6.38. The Bertz CT molecular complexity index is 465. The van der Waals surface area contributed by atoms with Crippen LogP contribution in [0.15, 0.2) is 0 Å². The standard InChI is InChI=1S/C17H27NO5.C3H8/c1-3-10-23-17(21)13-8-4-5-9-18(13)16(20)14(19)15-12(2)7-6-11-22-15;1-3-2/h12-13,15H,3-11H2,1-2H3;3H2,1-2H3/t12?,13?,15-;/m1./s1. The molecule has 0 aromatic heterocycles. The Morgan fingerprint density at radius 1 is 1.08 bits per heavy atom. The van der Waals surface area contributed by atoms with Crippen LogP contribution >= 0.6 is 0 Å². The van der Waals surface area contributed by atoms with E-state index < -0.39 is 29.8 Å². The maximum absolute atomic E-state index is 12.6. The summed E-state index contributed by atoms with van der Waals surface area (Å²) in [7, 11) is 0. The van der Waals surface area contributed by atoms with E-state index >= 15 is 0 Å². The van der Waals surface area contributed by atoms with Gasteiger partial charge in [0, 0.05) is 13.2 Å². The molecule has 0 spiro atoms. The summed E-state index contributed by atoms with van der Waals surface area (Å²) in [5.41, 5.74) is 0. The Labute approximate surface area is 157 Å². The highest BCUT2D eigenvalue weighted by Crippen LogP contribution is 2.24. The lowest BCUT2D eigenvalue weighted by molar-refractivity contribution is -0.163. The number of esters is 1.